The number of amides is 1. The van der Waals surface area contributed by atoms with Crippen LogP contribution in [0.4, 0.5) is 5.69 Å². The van der Waals surface area contributed by atoms with Gasteiger partial charge in [-0.2, -0.15) is 0 Å². The van der Waals surface area contributed by atoms with Crippen LogP contribution in [0, 0.1) is 0 Å². The number of carboxylic acid groups (broad SMARTS) is 2. The van der Waals surface area contributed by atoms with E-state index < -0.39 is 11.9 Å². The van der Waals surface area contributed by atoms with Crippen molar-refractivity contribution in [3.63, 3.8) is 0 Å². The summed E-state index contributed by atoms with van der Waals surface area (Å²) in [6.45, 7) is 4.53. The first kappa shape index (κ1) is 53.9. The summed E-state index contributed by atoms with van der Waals surface area (Å²) in [6, 6.07) is 12.3. The second-order valence-electron chi connectivity index (χ2n) is 16.0. The Morgan fingerprint density at radius 3 is 1.18 bits per heavy atom. The summed E-state index contributed by atoms with van der Waals surface area (Å²) in [4.78, 5) is 31.7. The molecular formula is C49H81MgNO5. The number of anilines is 1. The molecule has 0 saturated carbocycles. The number of benzene rings is 2. The molecule has 0 aliphatic carbocycles. The number of nitrogens with one attached hydrogen (secondary N) is 1. The Labute approximate surface area is 359 Å². The van der Waals surface area contributed by atoms with Gasteiger partial charge in [0.25, 0.3) is 0 Å². The van der Waals surface area contributed by atoms with Crippen molar-refractivity contribution in [1.29, 1.82) is 0 Å². The molecule has 1 heterocycles. The number of hydrogen-bond donors (Lipinski definition) is 1. The first-order valence-electron chi connectivity index (χ1n) is 23.1. The number of unbranched alkanes of at least 4 members (excludes halogenated alkanes) is 28. The Hall–Kier alpha value is -2.12. The summed E-state index contributed by atoms with van der Waals surface area (Å²) >= 11 is 0. The van der Waals surface area contributed by atoms with Crippen LogP contribution in [0.3, 0.4) is 0 Å². The van der Waals surface area contributed by atoms with Gasteiger partial charge in [0.15, 0.2) is 0 Å². The number of rotatable bonds is 32. The smallest absolute Gasteiger partial charge is 0.550 e. The average molecular weight is 788 g/mol. The molecule has 6 nitrogen and oxygen atoms in total. The first-order valence-corrected chi connectivity index (χ1v) is 23.1. The van der Waals surface area contributed by atoms with Gasteiger partial charge in [-0.15, -0.1) is 0 Å². The number of aliphatic carboxylic acids is 2. The van der Waals surface area contributed by atoms with Crippen molar-refractivity contribution >= 4 is 57.4 Å². The van der Waals surface area contributed by atoms with E-state index in [4.69, 9.17) is 0 Å². The van der Waals surface area contributed by atoms with Crippen LogP contribution in [0.1, 0.15) is 231 Å². The van der Waals surface area contributed by atoms with Crippen molar-refractivity contribution in [2.45, 2.75) is 232 Å². The zero-order valence-electron chi connectivity index (χ0n) is 36.3. The van der Waals surface area contributed by atoms with E-state index in [2.05, 4.69) is 37.4 Å². The van der Waals surface area contributed by atoms with Gasteiger partial charge < -0.3 is 25.1 Å². The van der Waals surface area contributed by atoms with E-state index in [1.54, 1.807) is 0 Å². The largest absolute Gasteiger partial charge is 2.00 e. The number of carbonyl (C=O) groups excluding carboxylic acids is 3. The average Bonchev–Trinajstić information content (AvgIpc) is 3.18. The van der Waals surface area contributed by atoms with Crippen molar-refractivity contribution in [3.8, 4) is 0 Å². The molecule has 0 saturated heterocycles. The van der Waals surface area contributed by atoms with Crippen LogP contribution in [-0.2, 0) is 20.8 Å². The van der Waals surface area contributed by atoms with Crippen molar-refractivity contribution < 1.29 is 24.6 Å². The number of hydrogen-bond acceptors (Lipinski definition) is 5. The minimum Gasteiger partial charge on any atom is -0.550 e. The SMILES string of the molecule is CCCCCCCCCCCCCCCCCC(=O)[O-].CCCCCCCCCCCCCCCCCC(=O)[O-].O=C1CCc2c(ccc3ccccc23)N1.[Mg+2]. The van der Waals surface area contributed by atoms with Crippen LogP contribution in [0.5, 0.6) is 0 Å². The fraction of sp³-hybridized carbons (Fsp3) is 0.735. The van der Waals surface area contributed by atoms with Gasteiger partial charge in [-0.3, -0.25) is 4.79 Å². The predicted molar refractivity (Wildman–Crippen MR) is 236 cm³/mol. The number of carbonyl (C=O) groups is 3. The van der Waals surface area contributed by atoms with Crippen LogP contribution in [0.2, 0.25) is 0 Å². The maximum absolute atomic E-state index is 11.3. The number of carboxylic acids is 2. The fourth-order valence-electron chi connectivity index (χ4n) is 7.45. The van der Waals surface area contributed by atoms with Gasteiger partial charge in [-0.25, -0.2) is 0 Å². The molecule has 3 rings (SSSR count). The van der Waals surface area contributed by atoms with Gasteiger partial charge in [0, 0.05) is 24.0 Å². The summed E-state index contributed by atoms with van der Waals surface area (Å²) in [5.74, 6) is -1.68. The van der Waals surface area contributed by atoms with E-state index in [0.717, 1.165) is 37.8 Å². The van der Waals surface area contributed by atoms with Crippen LogP contribution < -0.4 is 15.5 Å². The molecule has 314 valence electrons. The van der Waals surface area contributed by atoms with Gasteiger partial charge in [-0.1, -0.05) is 224 Å². The van der Waals surface area contributed by atoms with Gasteiger partial charge >= 0.3 is 23.1 Å². The van der Waals surface area contributed by atoms with E-state index >= 15 is 0 Å². The van der Waals surface area contributed by atoms with Gasteiger partial charge in [-0.05, 0) is 54.5 Å². The standard InChI is InChI=1S/2C18H36O2.C13H11NO.Mg/c2*1-2-3-4-5-6-7-8-9-10-11-12-13-14-15-16-17-18(19)20;15-13-8-6-11-10-4-2-1-3-9(10)5-7-12(11)14-13;/h2*2-17H2,1H3,(H,19,20);1-5,7H,6,8H2,(H,14,15);/q;;;+2/p-2. The van der Waals surface area contributed by atoms with Gasteiger partial charge in [0.2, 0.25) is 5.91 Å². The van der Waals surface area contributed by atoms with Gasteiger partial charge in [0.05, 0.1) is 0 Å². The molecule has 0 bridgehead atoms. The molecule has 1 N–H and O–H groups in total. The summed E-state index contributed by atoms with van der Waals surface area (Å²) < 4.78 is 0. The Bertz CT molecular complexity index is 1190. The van der Waals surface area contributed by atoms with Crippen molar-refractivity contribution in [2.75, 3.05) is 5.32 Å². The molecule has 0 atom stereocenters. The van der Waals surface area contributed by atoms with E-state index in [-0.39, 0.29) is 41.8 Å². The topological polar surface area (TPSA) is 109 Å². The summed E-state index contributed by atoms with van der Waals surface area (Å²) in [5, 5.41) is 25.9. The van der Waals surface area contributed by atoms with Crippen molar-refractivity contribution in [1.82, 2.24) is 0 Å². The van der Waals surface area contributed by atoms with E-state index in [1.165, 1.54) is 183 Å². The quantitative estimate of drug-likeness (QED) is 0.0586. The minimum atomic E-state index is -0.903. The van der Waals surface area contributed by atoms with Crippen LogP contribution in [0.15, 0.2) is 36.4 Å². The van der Waals surface area contributed by atoms with E-state index in [1.807, 2.05) is 18.2 Å². The summed E-state index contributed by atoms with van der Waals surface area (Å²) in [5.41, 5.74) is 2.25. The molecule has 2 aromatic rings. The Kier molecular flexibility index (Phi) is 38.2. The third-order valence-electron chi connectivity index (χ3n) is 10.9. The molecule has 0 unspecified atom stereocenters. The minimum absolute atomic E-state index is 0. The molecule has 0 fully saturated rings. The molecule has 1 aliphatic rings. The van der Waals surface area contributed by atoms with E-state index in [0.29, 0.717) is 6.42 Å². The van der Waals surface area contributed by atoms with Gasteiger partial charge in [0.1, 0.15) is 0 Å². The fourth-order valence-corrected chi connectivity index (χ4v) is 7.45. The predicted octanol–water partition coefficient (Wildman–Crippen LogP) is 12.3. The first-order chi connectivity index (χ1) is 26.9. The molecule has 0 radical (unpaired) electrons. The maximum atomic E-state index is 11.3. The molecule has 1 amide bonds. The normalized spacial score (nSPS) is 11.7. The molecule has 2 aromatic carbocycles. The molecule has 0 aromatic heterocycles. The molecule has 1 aliphatic heterocycles. The third kappa shape index (κ3) is 31.9. The Morgan fingerprint density at radius 1 is 0.482 bits per heavy atom. The molecule has 0 spiro atoms. The van der Waals surface area contributed by atoms with Crippen LogP contribution >= 0.6 is 0 Å². The molecular weight excluding hydrogens is 707 g/mol. The third-order valence-corrected chi connectivity index (χ3v) is 10.9. The van der Waals surface area contributed by atoms with Crippen LogP contribution in [0.25, 0.3) is 10.8 Å². The number of aryl methyl sites for hydroxylation is 1. The second-order valence-corrected chi connectivity index (χ2v) is 16.0. The Morgan fingerprint density at radius 2 is 0.821 bits per heavy atom. The summed E-state index contributed by atoms with van der Waals surface area (Å²) in [6.07, 6.45) is 41.2. The monoisotopic (exact) mass is 788 g/mol. The van der Waals surface area contributed by atoms with E-state index in [9.17, 15) is 24.6 Å². The maximum Gasteiger partial charge on any atom is 2.00 e. The second kappa shape index (κ2) is 39.7. The molecule has 7 heteroatoms. The Balaban J connectivity index is 0.000000809. The summed E-state index contributed by atoms with van der Waals surface area (Å²) in [7, 11) is 0. The zero-order chi connectivity index (χ0) is 40.0. The van der Waals surface area contributed by atoms with Crippen molar-refractivity contribution in [2.24, 2.45) is 0 Å². The number of fused-ring (bicyclic) bond motifs is 3. The molecule has 56 heavy (non-hydrogen) atoms. The van der Waals surface area contributed by atoms with Crippen LogP contribution in [-0.4, -0.2) is 40.9 Å². The zero-order valence-corrected chi connectivity index (χ0v) is 37.7. The van der Waals surface area contributed by atoms with Crippen molar-refractivity contribution in [3.05, 3.63) is 42.0 Å².